The molecule has 1 atom stereocenters. The van der Waals surface area contributed by atoms with Crippen LogP contribution in [0.3, 0.4) is 0 Å². The van der Waals surface area contributed by atoms with E-state index < -0.39 is 22.6 Å². The van der Waals surface area contributed by atoms with Crippen molar-refractivity contribution >= 4 is 17.5 Å². The van der Waals surface area contributed by atoms with Crippen LogP contribution in [0.1, 0.15) is 37.5 Å². The highest BCUT2D eigenvalue weighted by Crippen LogP contribution is 2.29. The summed E-state index contributed by atoms with van der Waals surface area (Å²) >= 11 is 0. The van der Waals surface area contributed by atoms with Gasteiger partial charge in [-0.3, -0.25) is 15.0 Å². The minimum atomic E-state index is -1.02. The predicted octanol–water partition coefficient (Wildman–Crippen LogP) is 5.01. The number of carboxylic acid groups (broad SMARTS) is 1. The van der Waals surface area contributed by atoms with E-state index in [1.165, 1.54) is 4.90 Å². The summed E-state index contributed by atoms with van der Waals surface area (Å²) in [6.07, 6.45) is -0.523. The molecule has 2 N–H and O–H groups in total. The molecule has 0 aliphatic carbocycles. The number of aryl methyl sites for hydroxylation is 2. The molecular formula is C22H29N3O4. The lowest BCUT2D eigenvalue weighted by molar-refractivity contribution is -0.384. The first-order chi connectivity index (χ1) is 13.5. The molecule has 0 saturated heterocycles. The molecule has 0 aliphatic rings. The zero-order valence-corrected chi connectivity index (χ0v) is 17.6. The molecule has 2 aromatic rings. The third kappa shape index (κ3) is 5.70. The molecule has 0 aromatic heterocycles. The number of nitrogens with one attached hydrogen (secondary N) is 1. The van der Waals surface area contributed by atoms with E-state index >= 15 is 0 Å². The van der Waals surface area contributed by atoms with Gasteiger partial charge >= 0.3 is 6.09 Å². The average molecular weight is 399 g/mol. The van der Waals surface area contributed by atoms with Gasteiger partial charge in [-0.2, -0.15) is 0 Å². The van der Waals surface area contributed by atoms with Gasteiger partial charge in [-0.1, -0.05) is 30.3 Å². The molecule has 1 amide bonds. The highest BCUT2D eigenvalue weighted by molar-refractivity contribution is 5.67. The largest absolute Gasteiger partial charge is 0.465 e. The smallest absolute Gasteiger partial charge is 0.408 e. The number of nitro benzene ring substituents is 1. The summed E-state index contributed by atoms with van der Waals surface area (Å²) in [5.74, 6) is 0. The third-order valence-electron chi connectivity index (χ3n) is 4.94. The SMILES string of the molecule is Cc1cc(NCC(Cc2ccccc2)N(C(=O)O)C(C)(C)C)c([N+](=O)[O-])cc1C. The van der Waals surface area contributed by atoms with Gasteiger partial charge in [0.15, 0.2) is 0 Å². The number of benzene rings is 2. The summed E-state index contributed by atoms with van der Waals surface area (Å²) in [7, 11) is 0. The monoisotopic (exact) mass is 399 g/mol. The Morgan fingerprint density at radius 1 is 1.17 bits per heavy atom. The molecule has 2 aromatic carbocycles. The molecule has 0 spiro atoms. The van der Waals surface area contributed by atoms with Crippen molar-refractivity contribution in [1.82, 2.24) is 4.90 Å². The number of amides is 1. The highest BCUT2D eigenvalue weighted by atomic mass is 16.6. The van der Waals surface area contributed by atoms with Gasteiger partial charge in [0.05, 0.1) is 11.0 Å². The number of rotatable bonds is 7. The Morgan fingerprint density at radius 3 is 2.28 bits per heavy atom. The Labute approximate surface area is 171 Å². The lowest BCUT2D eigenvalue weighted by Crippen LogP contribution is -2.54. The topological polar surface area (TPSA) is 95.7 Å². The van der Waals surface area contributed by atoms with E-state index in [2.05, 4.69) is 5.32 Å². The number of carbonyl (C=O) groups is 1. The van der Waals surface area contributed by atoms with Crippen molar-refractivity contribution in [3.05, 3.63) is 69.3 Å². The number of anilines is 1. The van der Waals surface area contributed by atoms with Gasteiger partial charge in [0.25, 0.3) is 5.69 Å². The summed E-state index contributed by atoms with van der Waals surface area (Å²) in [5.41, 5.74) is 2.54. The molecular weight excluding hydrogens is 370 g/mol. The van der Waals surface area contributed by atoms with Crippen LogP contribution in [-0.2, 0) is 6.42 Å². The molecule has 29 heavy (non-hydrogen) atoms. The van der Waals surface area contributed by atoms with Gasteiger partial charge < -0.3 is 10.4 Å². The maximum Gasteiger partial charge on any atom is 0.408 e. The van der Waals surface area contributed by atoms with Gasteiger partial charge in [0, 0.05) is 18.2 Å². The van der Waals surface area contributed by atoms with Gasteiger partial charge in [0.1, 0.15) is 5.69 Å². The second-order valence-corrected chi connectivity index (χ2v) is 8.26. The van der Waals surface area contributed by atoms with Gasteiger partial charge in [-0.15, -0.1) is 0 Å². The van der Waals surface area contributed by atoms with Crippen molar-refractivity contribution in [2.45, 2.75) is 52.6 Å². The predicted molar refractivity (Wildman–Crippen MR) is 115 cm³/mol. The quantitative estimate of drug-likeness (QED) is 0.504. The van der Waals surface area contributed by atoms with Gasteiger partial charge in [-0.05, 0) is 63.8 Å². The summed E-state index contributed by atoms with van der Waals surface area (Å²) < 4.78 is 0. The maximum absolute atomic E-state index is 12.1. The second-order valence-electron chi connectivity index (χ2n) is 8.26. The Balaban J connectivity index is 2.37. The Bertz CT molecular complexity index is 876. The molecule has 1 unspecified atom stereocenters. The van der Waals surface area contributed by atoms with E-state index in [9.17, 15) is 20.0 Å². The average Bonchev–Trinajstić information content (AvgIpc) is 2.61. The van der Waals surface area contributed by atoms with E-state index in [1.54, 1.807) is 12.1 Å². The van der Waals surface area contributed by atoms with Crippen LogP contribution in [0.5, 0.6) is 0 Å². The molecule has 0 heterocycles. The van der Waals surface area contributed by atoms with E-state index in [1.807, 2.05) is 65.0 Å². The van der Waals surface area contributed by atoms with E-state index in [-0.39, 0.29) is 12.2 Å². The molecule has 0 radical (unpaired) electrons. The summed E-state index contributed by atoms with van der Waals surface area (Å²) in [6, 6.07) is 12.5. The van der Waals surface area contributed by atoms with Crippen LogP contribution >= 0.6 is 0 Å². The molecule has 0 aliphatic heterocycles. The van der Waals surface area contributed by atoms with Crippen LogP contribution < -0.4 is 5.32 Å². The van der Waals surface area contributed by atoms with Crippen LogP contribution in [-0.4, -0.2) is 39.1 Å². The lowest BCUT2D eigenvalue weighted by Gasteiger charge is -2.40. The first-order valence-corrected chi connectivity index (χ1v) is 9.56. The van der Waals surface area contributed by atoms with E-state index in [0.717, 1.165) is 16.7 Å². The molecule has 2 rings (SSSR count). The molecule has 156 valence electrons. The van der Waals surface area contributed by atoms with Crippen molar-refractivity contribution in [2.24, 2.45) is 0 Å². The van der Waals surface area contributed by atoms with Crippen LogP contribution in [0.25, 0.3) is 0 Å². The zero-order valence-electron chi connectivity index (χ0n) is 17.6. The van der Waals surface area contributed by atoms with Gasteiger partial charge in [-0.25, -0.2) is 4.79 Å². The fourth-order valence-corrected chi connectivity index (χ4v) is 3.45. The van der Waals surface area contributed by atoms with Crippen molar-refractivity contribution in [1.29, 1.82) is 0 Å². The van der Waals surface area contributed by atoms with Crippen molar-refractivity contribution < 1.29 is 14.8 Å². The molecule has 7 nitrogen and oxygen atoms in total. The number of nitrogens with zero attached hydrogens (tertiary/aromatic N) is 2. The minimum absolute atomic E-state index is 0.0100. The number of hydrogen-bond acceptors (Lipinski definition) is 4. The zero-order chi connectivity index (χ0) is 21.8. The third-order valence-corrected chi connectivity index (χ3v) is 4.94. The summed E-state index contributed by atoms with van der Waals surface area (Å²) in [4.78, 5) is 24.5. The molecule has 0 bridgehead atoms. The second kappa shape index (κ2) is 8.94. The lowest BCUT2D eigenvalue weighted by atomic mass is 9.98. The van der Waals surface area contributed by atoms with Crippen LogP contribution in [0.4, 0.5) is 16.2 Å². The standard InChI is InChI=1S/C22H29N3O4/c1-15-11-19(20(25(28)29)12-16(15)2)23-14-18(13-17-9-7-6-8-10-17)24(21(26)27)22(3,4)5/h6-12,18,23H,13-14H2,1-5H3,(H,26,27). The Kier molecular flexibility index (Phi) is 6.84. The first-order valence-electron chi connectivity index (χ1n) is 9.56. The Morgan fingerprint density at radius 2 is 1.76 bits per heavy atom. The molecule has 7 heteroatoms. The molecule has 0 fully saturated rings. The van der Waals surface area contributed by atoms with Crippen molar-refractivity contribution in [3.63, 3.8) is 0 Å². The van der Waals surface area contributed by atoms with E-state index in [4.69, 9.17) is 0 Å². The summed E-state index contributed by atoms with van der Waals surface area (Å²) in [6.45, 7) is 9.51. The number of hydrogen-bond donors (Lipinski definition) is 2. The van der Waals surface area contributed by atoms with Gasteiger partial charge in [0.2, 0.25) is 0 Å². The normalized spacial score (nSPS) is 12.3. The number of nitro groups is 1. The maximum atomic E-state index is 12.1. The van der Waals surface area contributed by atoms with Crippen LogP contribution in [0.15, 0.2) is 42.5 Å². The fourth-order valence-electron chi connectivity index (χ4n) is 3.45. The van der Waals surface area contributed by atoms with E-state index in [0.29, 0.717) is 12.1 Å². The van der Waals surface area contributed by atoms with Crippen molar-refractivity contribution in [2.75, 3.05) is 11.9 Å². The molecule has 0 saturated carbocycles. The minimum Gasteiger partial charge on any atom is -0.465 e. The van der Waals surface area contributed by atoms with Crippen LogP contribution in [0, 0.1) is 24.0 Å². The summed E-state index contributed by atoms with van der Waals surface area (Å²) in [5, 5.41) is 24.5. The van der Waals surface area contributed by atoms with Crippen LogP contribution in [0.2, 0.25) is 0 Å². The fraction of sp³-hybridized carbons (Fsp3) is 0.409. The highest BCUT2D eigenvalue weighted by Gasteiger charge is 2.33. The van der Waals surface area contributed by atoms with Crippen molar-refractivity contribution in [3.8, 4) is 0 Å². The first kappa shape index (κ1) is 22.2. The Hall–Kier alpha value is -3.09.